The molecule has 0 saturated carbocycles. The monoisotopic (exact) mass is 367 g/mol. The molecule has 1 atom stereocenters. The number of carbonyl (C=O) groups excluding carboxylic acids is 1. The van der Waals surface area contributed by atoms with E-state index in [1.54, 1.807) is 7.11 Å². The highest BCUT2D eigenvalue weighted by Gasteiger charge is 2.16. The van der Waals surface area contributed by atoms with Crippen molar-refractivity contribution in [3.05, 3.63) is 59.9 Å². The van der Waals surface area contributed by atoms with Crippen LogP contribution in [0.3, 0.4) is 0 Å². The average Bonchev–Trinajstić information content (AvgIpc) is 3.11. The van der Waals surface area contributed by atoms with Crippen molar-refractivity contribution in [2.45, 2.75) is 32.7 Å². The third kappa shape index (κ3) is 4.61. The number of hydrogen-bond donors (Lipinski definition) is 1. The average molecular weight is 367 g/mol. The molecule has 1 unspecified atom stereocenters. The van der Waals surface area contributed by atoms with Crippen molar-refractivity contribution in [2.24, 2.45) is 0 Å². The van der Waals surface area contributed by atoms with Crippen LogP contribution in [0.15, 0.2) is 52.9 Å². The standard InChI is InChI=1S/C22H25NO4/c1-15-8-4-5-10-18(15)26-13-7-12-21(24)23-16(2)20-14-17-9-6-11-19(25-3)22(17)27-20/h4-6,8-11,14,16H,7,12-13H2,1-3H3,(H,23,24). The fourth-order valence-electron chi connectivity index (χ4n) is 2.95. The Morgan fingerprint density at radius 2 is 1.93 bits per heavy atom. The number of hydrogen-bond acceptors (Lipinski definition) is 4. The van der Waals surface area contributed by atoms with E-state index in [4.69, 9.17) is 13.9 Å². The van der Waals surface area contributed by atoms with Crippen LogP contribution in [0.2, 0.25) is 0 Å². The maximum absolute atomic E-state index is 12.2. The second-order valence-electron chi connectivity index (χ2n) is 6.53. The summed E-state index contributed by atoms with van der Waals surface area (Å²) >= 11 is 0. The Morgan fingerprint density at radius 3 is 2.70 bits per heavy atom. The number of carbonyl (C=O) groups is 1. The van der Waals surface area contributed by atoms with Gasteiger partial charge in [0.25, 0.3) is 0 Å². The first-order valence-electron chi connectivity index (χ1n) is 9.12. The molecule has 1 amide bonds. The Hall–Kier alpha value is -2.95. The summed E-state index contributed by atoms with van der Waals surface area (Å²) in [7, 11) is 1.61. The van der Waals surface area contributed by atoms with Gasteiger partial charge in [-0.05, 0) is 44.0 Å². The third-order valence-electron chi connectivity index (χ3n) is 4.45. The van der Waals surface area contributed by atoms with Crippen LogP contribution in [0.1, 0.15) is 37.1 Å². The molecule has 5 nitrogen and oxygen atoms in total. The molecular weight excluding hydrogens is 342 g/mol. The summed E-state index contributed by atoms with van der Waals surface area (Å²) in [6.45, 7) is 4.42. The molecule has 0 bridgehead atoms. The summed E-state index contributed by atoms with van der Waals surface area (Å²) in [5, 5.41) is 3.93. The van der Waals surface area contributed by atoms with Gasteiger partial charge in [-0.3, -0.25) is 4.79 Å². The van der Waals surface area contributed by atoms with Crippen LogP contribution in [0.25, 0.3) is 11.0 Å². The smallest absolute Gasteiger partial charge is 0.220 e. The highest BCUT2D eigenvalue weighted by molar-refractivity contribution is 5.84. The number of ether oxygens (including phenoxy) is 2. The zero-order valence-corrected chi connectivity index (χ0v) is 16.0. The van der Waals surface area contributed by atoms with E-state index >= 15 is 0 Å². The van der Waals surface area contributed by atoms with Crippen LogP contribution in [-0.4, -0.2) is 19.6 Å². The molecule has 3 rings (SSSR count). The SMILES string of the molecule is COc1cccc2cc(C(C)NC(=O)CCCOc3ccccc3C)oc12. The predicted octanol–water partition coefficient (Wildman–Crippen LogP) is 4.79. The lowest BCUT2D eigenvalue weighted by molar-refractivity contribution is -0.122. The molecule has 0 saturated heterocycles. The van der Waals surface area contributed by atoms with E-state index in [1.165, 1.54) is 0 Å². The Morgan fingerprint density at radius 1 is 1.15 bits per heavy atom. The normalized spacial score (nSPS) is 12.0. The van der Waals surface area contributed by atoms with Crippen molar-refractivity contribution in [1.82, 2.24) is 5.32 Å². The van der Waals surface area contributed by atoms with E-state index in [9.17, 15) is 4.79 Å². The second-order valence-corrected chi connectivity index (χ2v) is 6.53. The van der Waals surface area contributed by atoms with E-state index < -0.39 is 0 Å². The number of fused-ring (bicyclic) bond motifs is 1. The molecule has 1 aromatic heterocycles. The number of methoxy groups -OCH3 is 1. The predicted molar refractivity (Wildman–Crippen MR) is 105 cm³/mol. The van der Waals surface area contributed by atoms with Crippen molar-refractivity contribution in [1.29, 1.82) is 0 Å². The minimum atomic E-state index is -0.216. The van der Waals surface area contributed by atoms with E-state index in [1.807, 2.05) is 62.4 Å². The van der Waals surface area contributed by atoms with Gasteiger partial charge in [-0.25, -0.2) is 0 Å². The summed E-state index contributed by atoms with van der Waals surface area (Å²) in [5.74, 6) is 2.23. The highest BCUT2D eigenvalue weighted by Crippen LogP contribution is 2.30. The zero-order valence-electron chi connectivity index (χ0n) is 16.0. The maximum Gasteiger partial charge on any atom is 0.220 e. The molecule has 5 heteroatoms. The molecular formula is C22H25NO4. The molecule has 1 N–H and O–H groups in total. The van der Waals surface area contributed by atoms with E-state index in [0.29, 0.717) is 36.5 Å². The van der Waals surface area contributed by atoms with E-state index in [0.717, 1.165) is 16.7 Å². The first-order chi connectivity index (χ1) is 13.1. The quantitative estimate of drug-likeness (QED) is 0.582. The van der Waals surface area contributed by atoms with Crippen LogP contribution < -0.4 is 14.8 Å². The maximum atomic E-state index is 12.2. The number of nitrogens with one attached hydrogen (secondary N) is 1. The molecule has 1 heterocycles. The van der Waals surface area contributed by atoms with Crippen molar-refractivity contribution >= 4 is 16.9 Å². The molecule has 2 aromatic carbocycles. The fourth-order valence-corrected chi connectivity index (χ4v) is 2.95. The summed E-state index contributed by atoms with van der Waals surface area (Å²) in [6, 6.07) is 15.3. The van der Waals surface area contributed by atoms with Gasteiger partial charge in [0.15, 0.2) is 11.3 Å². The van der Waals surface area contributed by atoms with Crippen molar-refractivity contribution in [2.75, 3.05) is 13.7 Å². The number of furan rings is 1. The van der Waals surface area contributed by atoms with Crippen molar-refractivity contribution in [3.8, 4) is 11.5 Å². The molecule has 0 spiro atoms. The number of rotatable bonds is 8. The van der Waals surface area contributed by atoms with Crippen LogP contribution in [0, 0.1) is 6.92 Å². The summed E-state index contributed by atoms with van der Waals surface area (Å²) in [6.07, 6.45) is 1.06. The Balaban J connectivity index is 1.50. The Bertz CT molecular complexity index is 916. The van der Waals surface area contributed by atoms with Gasteiger partial charge in [-0.15, -0.1) is 0 Å². The number of amides is 1. The van der Waals surface area contributed by atoms with Crippen molar-refractivity contribution in [3.63, 3.8) is 0 Å². The van der Waals surface area contributed by atoms with Gasteiger partial charge in [0.2, 0.25) is 5.91 Å². The van der Waals surface area contributed by atoms with Gasteiger partial charge >= 0.3 is 0 Å². The minimum Gasteiger partial charge on any atom is -0.493 e. The Labute approximate surface area is 159 Å². The Kier molecular flexibility index (Phi) is 6.01. The number of para-hydroxylation sites is 2. The lowest BCUT2D eigenvalue weighted by Gasteiger charge is -2.12. The summed E-state index contributed by atoms with van der Waals surface area (Å²) in [4.78, 5) is 12.2. The van der Waals surface area contributed by atoms with Gasteiger partial charge < -0.3 is 19.2 Å². The van der Waals surface area contributed by atoms with Crippen LogP contribution in [0.4, 0.5) is 0 Å². The molecule has 0 aliphatic rings. The summed E-state index contributed by atoms with van der Waals surface area (Å²) < 4.78 is 16.9. The fraction of sp³-hybridized carbons (Fsp3) is 0.318. The van der Waals surface area contributed by atoms with E-state index in [2.05, 4.69) is 5.32 Å². The number of aryl methyl sites for hydroxylation is 1. The topological polar surface area (TPSA) is 60.7 Å². The number of benzene rings is 2. The van der Waals surface area contributed by atoms with Crippen LogP contribution >= 0.6 is 0 Å². The van der Waals surface area contributed by atoms with Gasteiger partial charge in [0.05, 0.1) is 19.8 Å². The van der Waals surface area contributed by atoms with Gasteiger partial charge in [0, 0.05) is 11.8 Å². The molecule has 142 valence electrons. The first kappa shape index (κ1) is 18.8. The van der Waals surface area contributed by atoms with Crippen LogP contribution in [-0.2, 0) is 4.79 Å². The first-order valence-corrected chi connectivity index (χ1v) is 9.12. The summed E-state index contributed by atoms with van der Waals surface area (Å²) in [5.41, 5.74) is 1.79. The van der Waals surface area contributed by atoms with Gasteiger partial charge in [-0.1, -0.05) is 30.3 Å². The lowest BCUT2D eigenvalue weighted by atomic mass is 10.2. The molecule has 3 aromatic rings. The highest BCUT2D eigenvalue weighted by atomic mass is 16.5. The van der Waals surface area contributed by atoms with Crippen LogP contribution in [0.5, 0.6) is 11.5 Å². The largest absolute Gasteiger partial charge is 0.493 e. The zero-order chi connectivity index (χ0) is 19.2. The molecule has 0 aliphatic carbocycles. The molecule has 0 aliphatic heterocycles. The molecule has 27 heavy (non-hydrogen) atoms. The lowest BCUT2D eigenvalue weighted by Crippen LogP contribution is -2.26. The van der Waals surface area contributed by atoms with Gasteiger partial charge in [0.1, 0.15) is 11.5 Å². The second kappa shape index (κ2) is 8.62. The van der Waals surface area contributed by atoms with Gasteiger partial charge in [-0.2, -0.15) is 0 Å². The minimum absolute atomic E-state index is 0.0247. The molecule has 0 fully saturated rings. The van der Waals surface area contributed by atoms with Crippen molar-refractivity contribution < 1.29 is 18.7 Å². The third-order valence-corrected chi connectivity index (χ3v) is 4.45. The van der Waals surface area contributed by atoms with E-state index in [-0.39, 0.29) is 11.9 Å². The molecule has 0 radical (unpaired) electrons.